The summed E-state index contributed by atoms with van der Waals surface area (Å²) in [6.45, 7) is 7.45. The fraction of sp³-hybridized carbons (Fsp3) is 0.294. The van der Waals surface area contributed by atoms with Gasteiger partial charge in [-0.3, -0.25) is 0 Å². The molecule has 0 unspecified atom stereocenters. The van der Waals surface area contributed by atoms with E-state index in [4.69, 9.17) is 11.6 Å². The number of rotatable bonds is 2. The molecule has 2 aromatic rings. The quantitative estimate of drug-likeness (QED) is 0.536. The Kier molecular flexibility index (Phi) is 6.42. The third-order valence-electron chi connectivity index (χ3n) is 3.00. The lowest BCUT2D eigenvalue weighted by Crippen LogP contribution is -2.01. The first kappa shape index (κ1) is 18.5. The Hall–Kier alpha value is -1.55. The van der Waals surface area contributed by atoms with Gasteiger partial charge in [0.1, 0.15) is 23.3 Å². The number of hydrogen-bond donors (Lipinski definition) is 0. The Labute approximate surface area is 132 Å². The fourth-order valence-electron chi connectivity index (χ4n) is 2.02. The van der Waals surface area contributed by atoms with E-state index in [1.54, 1.807) is 13.8 Å². The molecule has 0 atom stereocenters. The van der Waals surface area contributed by atoms with Gasteiger partial charge in [-0.2, -0.15) is 0 Å². The van der Waals surface area contributed by atoms with Crippen LogP contribution in [-0.2, 0) is 0 Å². The van der Waals surface area contributed by atoms with E-state index in [0.717, 1.165) is 12.1 Å². The zero-order chi connectivity index (χ0) is 17.0. The monoisotopic (exact) mass is 332 g/mol. The van der Waals surface area contributed by atoms with E-state index in [1.165, 1.54) is 6.07 Å². The molecular weight excluding hydrogens is 316 g/mol. The molecule has 0 radical (unpaired) electrons. The largest absolute Gasteiger partial charge is 0.207 e. The van der Waals surface area contributed by atoms with Gasteiger partial charge in [0, 0.05) is 11.6 Å². The fourth-order valence-corrected chi connectivity index (χ4v) is 2.31. The van der Waals surface area contributed by atoms with Crippen molar-refractivity contribution in [2.24, 2.45) is 0 Å². The van der Waals surface area contributed by atoms with Crippen LogP contribution in [0.5, 0.6) is 0 Å². The van der Waals surface area contributed by atoms with E-state index in [2.05, 4.69) is 0 Å². The van der Waals surface area contributed by atoms with Gasteiger partial charge in [0.25, 0.3) is 0 Å². The van der Waals surface area contributed by atoms with Crippen molar-refractivity contribution in [2.75, 3.05) is 0 Å². The molecule has 0 N–H and O–H groups in total. The first-order valence-corrected chi connectivity index (χ1v) is 7.33. The third kappa shape index (κ3) is 3.61. The van der Waals surface area contributed by atoms with Crippen LogP contribution in [0.4, 0.5) is 17.6 Å². The molecule has 0 amide bonds. The summed E-state index contributed by atoms with van der Waals surface area (Å²) in [5, 5.41) is -0.374. The Balaban J connectivity index is 0.00000116. The van der Waals surface area contributed by atoms with E-state index < -0.39 is 34.4 Å². The van der Waals surface area contributed by atoms with Gasteiger partial charge in [0.2, 0.25) is 0 Å². The smallest absolute Gasteiger partial charge is 0.137 e. The van der Waals surface area contributed by atoms with Crippen molar-refractivity contribution in [1.29, 1.82) is 0 Å². The summed E-state index contributed by atoms with van der Waals surface area (Å²) in [5.74, 6) is -4.05. The first-order chi connectivity index (χ1) is 10.3. The van der Waals surface area contributed by atoms with Gasteiger partial charge in [0.05, 0.1) is 10.6 Å². The first-order valence-electron chi connectivity index (χ1n) is 6.95. The Bertz CT molecular complexity index is 643. The van der Waals surface area contributed by atoms with Gasteiger partial charge in [-0.15, -0.1) is 0 Å². The van der Waals surface area contributed by atoms with Crippen LogP contribution < -0.4 is 0 Å². The molecule has 120 valence electrons. The van der Waals surface area contributed by atoms with Gasteiger partial charge in [-0.25, -0.2) is 17.6 Å². The second kappa shape index (κ2) is 7.63. The summed E-state index contributed by atoms with van der Waals surface area (Å²) in [6, 6.07) is 3.71. The Morgan fingerprint density at radius 2 is 1.45 bits per heavy atom. The number of halogens is 5. The molecule has 0 saturated carbocycles. The van der Waals surface area contributed by atoms with Crippen LogP contribution in [0.2, 0.25) is 5.02 Å². The summed E-state index contributed by atoms with van der Waals surface area (Å²) in [4.78, 5) is 0. The normalized spacial score (nSPS) is 10.5. The second-order valence-corrected chi connectivity index (χ2v) is 5.13. The van der Waals surface area contributed by atoms with Gasteiger partial charge < -0.3 is 0 Å². The van der Waals surface area contributed by atoms with Crippen molar-refractivity contribution >= 4 is 11.6 Å². The molecule has 2 aromatic carbocycles. The molecule has 2 rings (SSSR count). The maximum Gasteiger partial charge on any atom is 0.137 e. The zero-order valence-corrected chi connectivity index (χ0v) is 13.5. The van der Waals surface area contributed by atoms with Crippen LogP contribution in [0, 0.1) is 23.3 Å². The van der Waals surface area contributed by atoms with Gasteiger partial charge >= 0.3 is 0 Å². The summed E-state index contributed by atoms with van der Waals surface area (Å²) in [7, 11) is 0. The molecule has 0 aliphatic rings. The van der Waals surface area contributed by atoms with Crippen LogP contribution >= 0.6 is 11.6 Å². The molecular formula is C17H17ClF4. The van der Waals surface area contributed by atoms with E-state index in [0.29, 0.717) is 6.07 Å². The van der Waals surface area contributed by atoms with E-state index in [9.17, 15) is 17.6 Å². The molecule has 0 fully saturated rings. The molecule has 0 bridgehead atoms. The van der Waals surface area contributed by atoms with Crippen LogP contribution in [-0.4, -0.2) is 0 Å². The van der Waals surface area contributed by atoms with Crippen molar-refractivity contribution in [2.45, 2.75) is 33.6 Å². The molecule has 22 heavy (non-hydrogen) atoms. The van der Waals surface area contributed by atoms with Crippen LogP contribution in [0.1, 0.15) is 39.2 Å². The van der Waals surface area contributed by atoms with Gasteiger partial charge in [-0.1, -0.05) is 45.4 Å². The molecule has 5 heteroatoms. The molecule has 0 spiro atoms. The lowest BCUT2D eigenvalue weighted by atomic mass is 9.95. The molecule has 0 saturated heterocycles. The highest BCUT2D eigenvalue weighted by Crippen LogP contribution is 2.37. The van der Waals surface area contributed by atoms with Crippen molar-refractivity contribution in [1.82, 2.24) is 0 Å². The van der Waals surface area contributed by atoms with Crippen LogP contribution in [0.25, 0.3) is 11.1 Å². The third-order valence-corrected chi connectivity index (χ3v) is 3.30. The summed E-state index contributed by atoms with van der Waals surface area (Å²) < 4.78 is 55.1. The van der Waals surface area contributed by atoms with Crippen molar-refractivity contribution in [3.8, 4) is 11.1 Å². The van der Waals surface area contributed by atoms with Crippen LogP contribution in [0.15, 0.2) is 24.3 Å². The highest BCUT2D eigenvalue weighted by atomic mass is 35.5. The average Bonchev–Trinajstić information content (AvgIpc) is 2.43. The molecule has 0 nitrogen and oxygen atoms in total. The van der Waals surface area contributed by atoms with E-state index in [-0.39, 0.29) is 16.5 Å². The summed E-state index contributed by atoms with van der Waals surface area (Å²) in [5.41, 5.74) is -0.801. The Morgan fingerprint density at radius 3 is 1.95 bits per heavy atom. The van der Waals surface area contributed by atoms with E-state index >= 15 is 0 Å². The molecule has 0 aliphatic heterocycles. The maximum atomic E-state index is 14.4. The second-order valence-electron chi connectivity index (χ2n) is 4.72. The summed E-state index contributed by atoms with van der Waals surface area (Å²) >= 11 is 5.73. The number of benzene rings is 2. The Morgan fingerprint density at radius 1 is 0.864 bits per heavy atom. The number of hydrogen-bond acceptors (Lipinski definition) is 0. The standard InChI is InChI=1S/C15H11ClF4.C2H6/c1-7(2)9-3-4-11(18)14(15(9)20)13-10(16)5-8(17)6-12(13)19;1-2/h3-7H,1-2H3;1-2H3. The highest BCUT2D eigenvalue weighted by molar-refractivity contribution is 6.33. The predicted molar refractivity (Wildman–Crippen MR) is 82.2 cm³/mol. The van der Waals surface area contributed by atoms with Crippen molar-refractivity contribution < 1.29 is 17.6 Å². The average molecular weight is 333 g/mol. The van der Waals surface area contributed by atoms with Gasteiger partial charge in [0.15, 0.2) is 0 Å². The lowest BCUT2D eigenvalue weighted by molar-refractivity contribution is 0.560. The van der Waals surface area contributed by atoms with E-state index in [1.807, 2.05) is 13.8 Å². The topological polar surface area (TPSA) is 0 Å². The SMILES string of the molecule is CC.CC(C)c1ccc(F)c(-c2c(F)cc(F)cc2Cl)c1F. The molecule has 0 aliphatic carbocycles. The maximum absolute atomic E-state index is 14.4. The molecule has 0 aromatic heterocycles. The minimum atomic E-state index is -1.10. The minimum absolute atomic E-state index is 0.211. The lowest BCUT2D eigenvalue weighted by Gasteiger charge is -2.14. The van der Waals surface area contributed by atoms with Crippen LogP contribution in [0.3, 0.4) is 0 Å². The zero-order valence-electron chi connectivity index (χ0n) is 12.8. The van der Waals surface area contributed by atoms with Crippen molar-refractivity contribution in [3.05, 3.63) is 58.1 Å². The van der Waals surface area contributed by atoms with Crippen molar-refractivity contribution in [3.63, 3.8) is 0 Å². The minimum Gasteiger partial charge on any atom is -0.207 e. The summed E-state index contributed by atoms with van der Waals surface area (Å²) in [6.07, 6.45) is 0. The predicted octanol–water partition coefficient (Wildman–Crippen LogP) is 6.71. The van der Waals surface area contributed by atoms with Gasteiger partial charge in [-0.05, 0) is 23.6 Å². The molecule has 0 heterocycles. The highest BCUT2D eigenvalue weighted by Gasteiger charge is 2.22.